The molecule has 0 spiro atoms. The molecule has 88 valence electrons. The number of hydrogen-bond acceptors (Lipinski definition) is 2. The van der Waals surface area contributed by atoms with E-state index in [1.54, 1.807) is 13.0 Å². The SMILES string of the molecule is Cc1cc(F)ccc1C(=O)c1cc(Br)sc1Br. The van der Waals surface area contributed by atoms with Crippen LogP contribution in [0.15, 0.2) is 31.8 Å². The zero-order chi connectivity index (χ0) is 12.6. The molecular formula is C12H7Br2FOS. The van der Waals surface area contributed by atoms with E-state index in [1.807, 2.05) is 0 Å². The lowest BCUT2D eigenvalue weighted by Gasteiger charge is -2.03. The molecule has 0 saturated carbocycles. The first-order chi connectivity index (χ1) is 7.99. The van der Waals surface area contributed by atoms with Crippen LogP contribution in [0, 0.1) is 12.7 Å². The van der Waals surface area contributed by atoms with E-state index < -0.39 is 0 Å². The second kappa shape index (κ2) is 5.00. The number of benzene rings is 1. The Hall–Kier alpha value is -0.520. The molecule has 1 aromatic carbocycles. The van der Waals surface area contributed by atoms with Crippen molar-refractivity contribution in [3.8, 4) is 0 Å². The Labute approximate surface area is 119 Å². The predicted octanol–water partition coefficient (Wildman–Crippen LogP) is 4.95. The van der Waals surface area contributed by atoms with Gasteiger partial charge in [0.05, 0.1) is 7.57 Å². The zero-order valence-corrected chi connectivity index (χ0v) is 12.7. The van der Waals surface area contributed by atoms with Crippen LogP contribution in [0.4, 0.5) is 4.39 Å². The molecular weight excluding hydrogens is 371 g/mol. The van der Waals surface area contributed by atoms with Crippen molar-refractivity contribution >= 4 is 49.0 Å². The highest BCUT2D eigenvalue weighted by Crippen LogP contribution is 2.33. The molecule has 0 bridgehead atoms. The Balaban J connectivity index is 2.47. The molecule has 0 aliphatic rings. The fourth-order valence-corrected chi connectivity index (χ4v) is 4.32. The van der Waals surface area contributed by atoms with Crippen LogP contribution in [0.5, 0.6) is 0 Å². The third kappa shape index (κ3) is 2.67. The number of carbonyl (C=O) groups is 1. The third-order valence-electron chi connectivity index (χ3n) is 2.33. The number of rotatable bonds is 2. The van der Waals surface area contributed by atoms with E-state index in [1.165, 1.54) is 29.5 Å². The van der Waals surface area contributed by atoms with Gasteiger partial charge < -0.3 is 0 Å². The average Bonchev–Trinajstić information content (AvgIpc) is 2.57. The molecule has 1 heterocycles. The van der Waals surface area contributed by atoms with Crippen LogP contribution < -0.4 is 0 Å². The summed E-state index contributed by atoms with van der Waals surface area (Å²) in [6, 6.07) is 5.95. The van der Waals surface area contributed by atoms with Gasteiger partial charge in [0.1, 0.15) is 5.82 Å². The van der Waals surface area contributed by atoms with Gasteiger partial charge in [-0.2, -0.15) is 0 Å². The maximum atomic E-state index is 13.0. The fourth-order valence-electron chi connectivity index (χ4n) is 1.52. The predicted molar refractivity (Wildman–Crippen MR) is 74.3 cm³/mol. The standard InChI is InChI=1S/C12H7Br2FOS/c1-6-4-7(15)2-3-8(6)11(16)9-5-10(13)17-12(9)14/h2-5H,1H3. The van der Waals surface area contributed by atoms with Gasteiger partial charge in [-0.05, 0) is 68.6 Å². The smallest absolute Gasteiger partial charge is 0.195 e. The zero-order valence-electron chi connectivity index (χ0n) is 8.76. The van der Waals surface area contributed by atoms with Gasteiger partial charge in [0.2, 0.25) is 0 Å². The van der Waals surface area contributed by atoms with E-state index in [0.29, 0.717) is 16.7 Å². The van der Waals surface area contributed by atoms with Crippen LogP contribution in [0.25, 0.3) is 0 Å². The second-order valence-electron chi connectivity index (χ2n) is 3.53. The monoisotopic (exact) mass is 376 g/mol. The van der Waals surface area contributed by atoms with Crippen LogP contribution in [-0.2, 0) is 0 Å². The first kappa shape index (κ1) is 12.9. The Morgan fingerprint density at radius 1 is 1.24 bits per heavy atom. The molecule has 0 N–H and O–H groups in total. The van der Waals surface area contributed by atoms with E-state index in [-0.39, 0.29) is 11.6 Å². The van der Waals surface area contributed by atoms with Crippen molar-refractivity contribution in [2.75, 3.05) is 0 Å². The molecule has 1 nitrogen and oxygen atoms in total. The van der Waals surface area contributed by atoms with Gasteiger partial charge in [-0.1, -0.05) is 0 Å². The van der Waals surface area contributed by atoms with Crippen molar-refractivity contribution in [3.05, 3.63) is 54.3 Å². The molecule has 0 amide bonds. The number of aryl methyl sites for hydroxylation is 1. The number of thiophene rings is 1. The van der Waals surface area contributed by atoms with E-state index >= 15 is 0 Å². The molecule has 0 fully saturated rings. The summed E-state index contributed by atoms with van der Waals surface area (Å²) in [6.07, 6.45) is 0. The summed E-state index contributed by atoms with van der Waals surface area (Å²) in [5.74, 6) is -0.430. The third-order valence-corrected chi connectivity index (χ3v) is 4.67. The minimum absolute atomic E-state index is 0.101. The van der Waals surface area contributed by atoms with Crippen LogP contribution in [0.2, 0.25) is 0 Å². The fraction of sp³-hybridized carbons (Fsp3) is 0.0833. The Morgan fingerprint density at radius 3 is 2.47 bits per heavy atom. The molecule has 0 atom stereocenters. The number of ketones is 1. The Kier molecular flexibility index (Phi) is 3.80. The molecule has 17 heavy (non-hydrogen) atoms. The number of carbonyl (C=O) groups excluding carboxylic acids is 1. The minimum atomic E-state index is -0.329. The van der Waals surface area contributed by atoms with Crippen molar-refractivity contribution in [2.45, 2.75) is 6.92 Å². The molecule has 0 saturated heterocycles. The highest BCUT2D eigenvalue weighted by molar-refractivity contribution is 9.12. The van der Waals surface area contributed by atoms with Gasteiger partial charge in [-0.3, -0.25) is 4.79 Å². The number of halogens is 3. The molecule has 2 rings (SSSR count). The van der Waals surface area contributed by atoms with Crippen molar-refractivity contribution in [1.82, 2.24) is 0 Å². The summed E-state index contributed by atoms with van der Waals surface area (Å²) in [6.45, 7) is 1.73. The molecule has 0 radical (unpaired) electrons. The maximum Gasteiger partial charge on any atom is 0.195 e. The highest BCUT2D eigenvalue weighted by atomic mass is 79.9. The average molecular weight is 378 g/mol. The summed E-state index contributed by atoms with van der Waals surface area (Å²) in [4.78, 5) is 12.2. The van der Waals surface area contributed by atoms with Crippen molar-refractivity contribution < 1.29 is 9.18 Å². The van der Waals surface area contributed by atoms with Gasteiger partial charge in [-0.15, -0.1) is 11.3 Å². The molecule has 1 aromatic heterocycles. The molecule has 0 aliphatic carbocycles. The van der Waals surface area contributed by atoms with Gasteiger partial charge in [0, 0.05) is 11.1 Å². The summed E-state index contributed by atoms with van der Waals surface area (Å²) < 4.78 is 14.6. The van der Waals surface area contributed by atoms with E-state index in [0.717, 1.165) is 7.57 Å². The van der Waals surface area contributed by atoms with E-state index in [9.17, 15) is 9.18 Å². The van der Waals surface area contributed by atoms with Gasteiger partial charge in [0.25, 0.3) is 0 Å². The van der Waals surface area contributed by atoms with Crippen LogP contribution in [0.3, 0.4) is 0 Å². The van der Waals surface area contributed by atoms with Crippen molar-refractivity contribution in [3.63, 3.8) is 0 Å². The van der Waals surface area contributed by atoms with Gasteiger partial charge >= 0.3 is 0 Å². The first-order valence-corrected chi connectivity index (χ1v) is 7.15. The van der Waals surface area contributed by atoms with E-state index in [2.05, 4.69) is 31.9 Å². The lowest BCUT2D eigenvalue weighted by molar-refractivity contribution is 0.103. The number of hydrogen-bond donors (Lipinski definition) is 0. The second-order valence-corrected chi connectivity index (χ2v) is 7.28. The van der Waals surface area contributed by atoms with Crippen LogP contribution in [-0.4, -0.2) is 5.78 Å². The van der Waals surface area contributed by atoms with Gasteiger partial charge in [0.15, 0.2) is 5.78 Å². The van der Waals surface area contributed by atoms with E-state index in [4.69, 9.17) is 0 Å². The lowest BCUT2D eigenvalue weighted by Crippen LogP contribution is -2.03. The van der Waals surface area contributed by atoms with Crippen molar-refractivity contribution in [2.24, 2.45) is 0 Å². The van der Waals surface area contributed by atoms with Crippen LogP contribution >= 0.6 is 43.2 Å². The summed E-state index contributed by atoms with van der Waals surface area (Å²) in [5, 5.41) is 0. The maximum absolute atomic E-state index is 13.0. The minimum Gasteiger partial charge on any atom is -0.289 e. The Bertz CT molecular complexity index is 592. The quantitative estimate of drug-likeness (QED) is 0.676. The normalized spacial score (nSPS) is 10.6. The van der Waals surface area contributed by atoms with Gasteiger partial charge in [-0.25, -0.2) is 4.39 Å². The molecule has 0 unspecified atom stereocenters. The highest BCUT2D eigenvalue weighted by Gasteiger charge is 2.17. The molecule has 0 aliphatic heterocycles. The van der Waals surface area contributed by atoms with Crippen molar-refractivity contribution in [1.29, 1.82) is 0 Å². The first-order valence-electron chi connectivity index (χ1n) is 4.74. The summed E-state index contributed by atoms with van der Waals surface area (Å²) in [7, 11) is 0. The topological polar surface area (TPSA) is 17.1 Å². The summed E-state index contributed by atoms with van der Waals surface area (Å²) >= 11 is 8.12. The molecule has 2 aromatic rings. The van der Waals surface area contributed by atoms with Crippen LogP contribution in [0.1, 0.15) is 21.5 Å². The molecule has 5 heteroatoms. The largest absolute Gasteiger partial charge is 0.289 e. The Morgan fingerprint density at radius 2 is 1.94 bits per heavy atom. The summed E-state index contributed by atoms with van der Waals surface area (Å²) in [5.41, 5.74) is 1.76. The lowest BCUT2D eigenvalue weighted by atomic mass is 10.0.